The first-order valence-corrected chi connectivity index (χ1v) is 8.91. The van der Waals surface area contributed by atoms with E-state index in [9.17, 15) is 0 Å². The van der Waals surface area contributed by atoms with Gasteiger partial charge in [-0.05, 0) is 56.6 Å². The molecule has 2 aliphatic rings. The van der Waals surface area contributed by atoms with Crippen LogP contribution in [0.2, 0.25) is 0 Å². The van der Waals surface area contributed by atoms with E-state index in [1.807, 2.05) is 18.3 Å². The molecule has 5 nitrogen and oxygen atoms in total. The summed E-state index contributed by atoms with van der Waals surface area (Å²) in [4.78, 5) is 9.02. The van der Waals surface area contributed by atoms with Gasteiger partial charge in [-0.15, -0.1) is 0 Å². The number of ether oxygens (including phenoxy) is 1. The van der Waals surface area contributed by atoms with Crippen LogP contribution in [0.25, 0.3) is 0 Å². The predicted molar refractivity (Wildman–Crippen MR) is 92.6 cm³/mol. The molecule has 5 heteroatoms. The Balaban J connectivity index is 1.57. The van der Waals surface area contributed by atoms with Crippen molar-refractivity contribution in [3.05, 3.63) is 23.9 Å². The van der Waals surface area contributed by atoms with E-state index in [2.05, 4.69) is 34.5 Å². The summed E-state index contributed by atoms with van der Waals surface area (Å²) in [6.07, 6.45) is 8.24. The minimum atomic E-state index is 0.344. The van der Waals surface area contributed by atoms with Gasteiger partial charge >= 0.3 is 0 Å². The van der Waals surface area contributed by atoms with Crippen molar-refractivity contribution in [2.24, 2.45) is 10.9 Å². The summed E-state index contributed by atoms with van der Waals surface area (Å²) in [7, 11) is 0. The fourth-order valence-electron chi connectivity index (χ4n) is 2.98. The summed E-state index contributed by atoms with van der Waals surface area (Å²) in [5, 5.41) is 6.79. The second-order valence-corrected chi connectivity index (χ2v) is 6.69. The minimum absolute atomic E-state index is 0.344. The van der Waals surface area contributed by atoms with Gasteiger partial charge in [-0.3, -0.25) is 0 Å². The monoisotopic (exact) mass is 316 g/mol. The Labute approximate surface area is 138 Å². The number of nitrogens with zero attached hydrogens (tertiary/aromatic N) is 2. The minimum Gasteiger partial charge on any atom is -0.474 e. The van der Waals surface area contributed by atoms with Gasteiger partial charge in [0.1, 0.15) is 6.10 Å². The van der Waals surface area contributed by atoms with Crippen molar-refractivity contribution >= 4 is 5.96 Å². The van der Waals surface area contributed by atoms with Gasteiger partial charge in [0.25, 0.3) is 0 Å². The van der Waals surface area contributed by atoms with Gasteiger partial charge in [0.05, 0.1) is 6.54 Å². The number of guanidine groups is 1. The average molecular weight is 316 g/mol. The van der Waals surface area contributed by atoms with E-state index < -0.39 is 0 Å². The number of hydrogen-bond donors (Lipinski definition) is 2. The number of aromatic nitrogens is 1. The number of hydrogen-bond acceptors (Lipinski definition) is 3. The molecule has 1 heterocycles. The molecule has 0 spiro atoms. The Morgan fingerprint density at radius 2 is 2.17 bits per heavy atom. The van der Waals surface area contributed by atoms with Crippen molar-refractivity contribution in [2.45, 2.75) is 64.6 Å². The normalized spacial score (nSPS) is 24.5. The van der Waals surface area contributed by atoms with Crippen LogP contribution < -0.4 is 15.4 Å². The van der Waals surface area contributed by atoms with Gasteiger partial charge in [-0.1, -0.05) is 6.92 Å². The molecule has 2 unspecified atom stereocenters. The molecule has 0 bridgehead atoms. The zero-order chi connectivity index (χ0) is 16.1. The summed E-state index contributed by atoms with van der Waals surface area (Å²) in [5.41, 5.74) is 1.13. The van der Waals surface area contributed by atoms with Crippen LogP contribution in [0.3, 0.4) is 0 Å². The van der Waals surface area contributed by atoms with Gasteiger partial charge in [0, 0.05) is 24.8 Å². The third kappa shape index (κ3) is 4.85. The number of rotatable bonds is 6. The largest absolute Gasteiger partial charge is 0.474 e. The third-order valence-corrected chi connectivity index (χ3v) is 4.58. The van der Waals surface area contributed by atoms with Crippen molar-refractivity contribution in [3.63, 3.8) is 0 Å². The zero-order valence-corrected chi connectivity index (χ0v) is 14.2. The van der Waals surface area contributed by atoms with Crippen molar-refractivity contribution < 1.29 is 4.74 Å². The molecule has 2 N–H and O–H groups in total. The van der Waals surface area contributed by atoms with Crippen LogP contribution in [0.5, 0.6) is 5.88 Å². The maximum Gasteiger partial charge on any atom is 0.213 e. The maximum atomic E-state index is 5.97. The van der Waals surface area contributed by atoms with E-state index >= 15 is 0 Å². The molecule has 0 aliphatic heterocycles. The standard InChI is InChI=1S/C18H28N4O/c1-3-19-18(22-16-10-13(16)2)21-12-14-8-9-20-17(11-14)23-15-6-4-5-7-15/h8-9,11,13,15-16H,3-7,10,12H2,1-2H3,(H2,19,21,22). The van der Waals surface area contributed by atoms with Crippen molar-refractivity contribution in [2.75, 3.05) is 6.54 Å². The Kier molecular flexibility index (Phi) is 5.36. The average Bonchev–Trinajstić information content (AvgIpc) is 3.00. The van der Waals surface area contributed by atoms with Gasteiger partial charge in [-0.2, -0.15) is 0 Å². The van der Waals surface area contributed by atoms with Crippen molar-refractivity contribution in [3.8, 4) is 5.88 Å². The molecule has 2 atom stereocenters. The van der Waals surface area contributed by atoms with Crippen LogP contribution in [0.4, 0.5) is 0 Å². The van der Waals surface area contributed by atoms with Crippen LogP contribution in [-0.2, 0) is 6.54 Å². The Morgan fingerprint density at radius 3 is 2.87 bits per heavy atom. The number of pyridine rings is 1. The fourth-order valence-corrected chi connectivity index (χ4v) is 2.98. The topological polar surface area (TPSA) is 58.5 Å². The highest BCUT2D eigenvalue weighted by molar-refractivity contribution is 5.80. The van der Waals surface area contributed by atoms with E-state index in [0.29, 0.717) is 18.7 Å². The van der Waals surface area contributed by atoms with E-state index in [1.54, 1.807) is 0 Å². The molecular weight excluding hydrogens is 288 g/mol. The summed E-state index contributed by atoms with van der Waals surface area (Å²) in [6, 6.07) is 4.60. The van der Waals surface area contributed by atoms with E-state index in [4.69, 9.17) is 4.74 Å². The molecule has 1 aromatic rings. The summed E-state index contributed by atoms with van der Waals surface area (Å²) < 4.78 is 5.97. The second-order valence-electron chi connectivity index (χ2n) is 6.69. The first-order chi connectivity index (χ1) is 11.2. The predicted octanol–water partition coefficient (Wildman–Crippen LogP) is 2.87. The summed E-state index contributed by atoms with van der Waals surface area (Å²) >= 11 is 0. The molecule has 0 radical (unpaired) electrons. The quantitative estimate of drug-likeness (QED) is 0.626. The lowest BCUT2D eigenvalue weighted by Gasteiger charge is -2.13. The Morgan fingerprint density at radius 1 is 1.39 bits per heavy atom. The van der Waals surface area contributed by atoms with Crippen LogP contribution >= 0.6 is 0 Å². The Hall–Kier alpha value is -1.78. The first kappa shape index (κ1) is 16.1. The van der Waals surface area contributed by atoms with E-state index in [1.165, 1.54) is 19.3 Å². The summed E-state index contributed by atoms with van der Waals surface area (Å²) in [6.45, 7) is 5.86. The van der Waals surface area contributed by atoms with Crippen LogP contribution in [0.1, 0.15) is 51.5 Å². The maximum absolute atomic E-state index is 5.97. The Bertz CT molecular complexity index is 540. The molecule has 23 heavy (non-hydrogen) atoms. The highest BCUT2D eigenvalue weighted by Crippen LogP contribution is 2.28. The number of nitrogens with one attached hydrogen (secondary N) is 2. The lowest BCUT2D eigenvalue weighted by Crippen LogP contribution is -2.39. The van der Waals surface area contributed by atoms with E-state index in [0.717, 1.165) is 42.7 Å². The molecule has 126 valence electrons. The smallest absolute Gasteiger partial charge is 0.213 e. The zero-order valence-electron chi connectivity index (χ0n) is 14.2. The lowest BCUT2D eigenvalue weighted by molar-refractivity contribution is 0.201. The van der Waals surface area contributed by atoms with Gasteiger partial charge in [-0.25, -0.2) is 9.98 Å². The molecule has 0 amide bonds. The second kappa shape index (κ2) is 7.66. The highest BCUT2D eigenvalue weighted by Gasteiger charge is 2.33. The molecule has 0 aromatic carbocycles. The van der Waals surface area contributed by atoms with E-state index in [-0.39, 0.29) is 0 Å². The molecule has 0 saturated heterocycles. The van der Waals surface area contributed by atoms with Gasteiger partial charge in [0.2, 0.25) is 5.88 Å². The van der Waals surface area contributed by atoms with Gasteiger partial charge in [0.15, 0.2) is 5.96 Å². The first-order valence-electron chi connectivity index (χ1n) is 8.91. The fraction of sp³-hybridized carbons (Fsp3) is 0.667. The van der Waals surface area contributed by atoms with Crippen LogP contribution in [0, 0.1) is 5.92 Å². The SMILES string of the molecule is CCNC(=NCc1ccnc(OC2CCCC2)c1)NC1CC1C. The van der Waals surface area contributed by atoms with Crippen molar-refractivity contribution in [1.29, 1.82) is 0 Å². The molecule has 2 fully saturated rings. The summed E-state index contributed by atoms with van der Waals surface area (Å²) in [5.74, 6) is 2.39. The number of aliphatic imine (C=N–C) groups is 1. The van der Waals surface area contributed by atoms with Crippen LogP contribution in [-0.4, -0.2) is 29.6 Å². The van der Waals surface area contributed by atoms with Crippen molar-refractivity contribution in [1.82, 2.24) is 15.6 Å². The molecule has 2 saturated carbocycles. The van der Waals surface area contributed by atoms with Crippen LogP contribution in [0.15, 0.2) is 23.3 Å². The molecule has 2 aliphatic carbocycles. The highest BCUT2D eigenvalue weighted by atomic mass is 16.5. The molecular formula is C18H28N4O. The van der Waals surface area contributed by atoms with Gasteiger partial charge < -0.3 is 15.4 Å². The molecule has 3 rings (SSSR count). The third-order valence-electron chi connectivity index (χ3n) is 4.58. The molecule has 1 aromatic heterocycles. The lowest BCUT2D eigenvalue weighted by atomic mass is 10.2.